The number of nitrogens with one attached hydrogen (secondary N) is 1. The van der Waals surface area contributed by atoms with Crippen LogP contribution in [0.4, 0.5) is 0 Å². The summed E-state index contributed by atoms with van der Waals surface area (Å²) < 4.78 is 0. The van der Waals surface area contributed by atoms with Gasteiger partial charge in [0.1, 0.15) is 0 Å². The van der Waals surface area contributed by atoms with Gasteiger partial charge in [-0.3, -0.25) is 0 Å². The Hall–Kier alpha value is -0.490. The average Bonchev–Trinajstić information content (AvgIpc) is 2.51. The molecule has 0 saturated carbocycles. The van der Waals surface area contributed by atoms with E-state index in [1.165, 1.54) is 4.88 Å². The summed E-state index contributed by atoms with van der Waals surface area (Å²) in [7, 11) is 1.94. The van der Waals surface area contributed by atoms with E-state index in [4.69, 9.17) is 11.6 Å². The van der Waals surface area contributed by atoms with Gasteiger partial charge in [-0.2, -0.15) is 0 Å². The quantitative estimate of drug-likeness (QED) is 0.781. The summed E-state index contributed by atoms with van der Waals surface area (Å²) in [5, 5.41) is 6.20. The number of aryl methyl sites for hydroxylation is 1. The number of thiophene rings is 1. The van der Waals surface area contributed by atoms with Crippen molar-refractivity contribution in [2.45, 2.75) is 26.3 Å². The highest BCUT2D eigenvalue weighted by atomic mass is 35.5. The molecular formula is C11H14ClNS. The Bertz CT molecular complexity index is 359. The van der Waals surface area contributed by atoms with E-state index in [-0.39, 0.29) is 6.04 Å². The lowest BCUT2D eigenvalue weighted by atomic mass is 10.1. The van der Waals surface area contributed by atoms with Gasteiger partial charge in [-0.15, -0.1) is 23.2 Å². The predicted octanol–water partition coefficient (Wildman–Crippen LogP) is 3.38. The lowest BCUT2D eigenvalue weighted by molar-refractivity contribution is 0.622. The van der Waals surface area contributed by atoms with E-state index in [9.17, 15) is 0 Å². The molecule has 1 aromatic heterocycles. The van der Waals surface area contributed by atoms with Gasteiger partial charge >= 0.3 is 0 Å². The Kier molecular flexibility index (Phi) is 4.47. The maximum Gasteiger partial charge on any atom is 0.0590 e. The second kappa shape index (κ2) is 5.41. The number of halogens is 1. The third-order valence-electron chi connectivity index (χ3n) is 2.07. The molecular weight excluding hydrogens is 214 g/mol. The summed E-state index contributed by atoms with van der Waals surface area (Å²) in [6, 6.07) is 0.258. The van der Waals surface area contributed by atoms with Crippen LogP contribution < -0.4 is 5.32 Å². The standard InChI is InChI=1S/C11H14ClNS/c1-4-5-6-9(13-3)11-10(12)8(2)7-14-11/h7,9,13H,6H2,1-3H3. The minimum absolute atomic E-state index is 0.258. The van der Waals surface area contributed by atoms with Crippen molar-refractivity contribution >= 4 is 22.9 Å². The summed E-state index contributed by atoms with van der Waals surface area (Å²) in [4.78, 5) is 1.19. The van der Waals surface area contributed by atoms with E-state index in [1.807, 2.05) is 20.9 Å². The van der Waals surface area contributed by atoms with Crippen LogP contribution in [0.1, 0.15) is 29.8 Å². The molecule has 76 valence electrons. The van der Waals surface area contributed by atoms with Crippen LogP contribution in [0.3, 0.4) is 0 Å². The molecule has 1 atom stereocenters. The fourth-order valence-electron chi connectivity index (χ4n) is 1.21. The van der Waals surface area contributed by atoms with E-state index in [2.05, 4.69) is 22.5 Å². The first-order chi connectivity index (χ1) is 6.70. The van der Waals surface area contributed by atoms with Crippen LogP contribution in [0.15, 0.2) is 5.38 Å². The first-order valence-corrected chi connectivity index (χ1v) is 5.76. The molecule has 0 spiro atoms. The Balaban J connectivity index is 2.87. The molecule has 0 aliphatic heterocycles. The molecule has 1 aromatic rings. The maximum atomic E-state index is 6.18. The summed E-state index contributed by atoms with van der Waals surface area (Å²) in [6.45, 7) is 3.88. The molecule has 3 heteroatoms. The first kappa shape index (κ1) is 11.6. The Labute approximate surface area is 94.5 Å². The van der Waals surface area contributed by atoms with E-state index in [1.54, 1.807) is 11.3 Å². The van der Waals surface area contributed by atoms with Crippen molar-refractivity contribution in [3.8, 4) is 11.8 Å². The van der Waals surface area contributed by atoms with E-state index < -0.39 is 0 Å². The van der Waals surface area contributed by atoms with Gasteiger partial charge in [0.05, 0.1) is 11.1 Å². The first-order valence-electron chi connectivity index (χ1n) is 4.51. The van der Waals surface area contributed by atoms with Crippen molar-refractivity contribution in [3.63, 3.8) is 0 Å². The van der Waals surface area contributed by atoms with Gasteiger partial charge in [-0.1, -0.05) is 11.6 Å². The second-order valence-electron chi connectivity index (χ2n) is 3.07. The minimum atomic E-state index is 0.258. The van der Waals surface area contributed by atoms with Crippen molar-refractivity contribution in [2.24, 2.45) is 0 Å². The molecule has 14 heavy (non-hydrogen) atoms. The molecule has 0 amide bonds. The van der Waals surface area contributed by atoms with Gasteiger partial charge < -0.3 is 5.32 Å². The average molecular weight is 228 g/mol. The third kappa shape index (κ3) is 2.51. The van der Waals surface area contributed by atoms with Crippen molar-refractivity contribution < 1.29 is 0 Å². The largest absolute Gasteiger partial charge is 0.311 e. The minimum Gasteiger partial charge on any atom is -0.311 e. The highest BCUT2D eigenvalue weighted by Crippen LogP contribution is 2.33. The fraction of sp³-hybridized carbons (Fsp3) is 0.455. The van der Waals surface area contributed by atoms with Gasteiger partial charge in [0.15, 0.2) is 0 Å². The predicted molar refractivity (Wildman–Crippen MR) is 63.9 cm³/mol. The molecule has 1 unspecified atom stereocenters. The normalized spacial score (nSPS) is 12.0. The van der Waals surface area contributed by atoms with Crippen LogP contribution in [0.5, 0.6) is 0 Å². The lowest BCUT2D eigenvalue weighted by Gasteiger charge is -2.11. The topological polar surface area (TPSA) is 12.0 Å². The van der Waals surface area contributed by atoms with Gasteiger partial charge in [-0.25, -0.2) is 0 Å². The van der Waals surface area contributed by atoms with E-state index in [0.717, 1.165) is 17.0 Å². The van der Waals surface area contributed by atoms with Crippen molar-refractivity contribution in [3.05, 3.63) is 20.8 Å². The SMILES string of the molecule is CC#CCC(NC)c1scc(C)c1Cl. The van der Waals surface area contributed by atoms with Gasteiger partial charge in [0, 0.05) is 11.3 Å². The molecule has 1 nitrogen and oxygen atoms in total. The van der Waals surface area contributed by atoms with Crippen LogP contribution in [-0.2, 0) is 0 Å². The molecule has 0 aliphatic carbocycles. The molecule has 1 rings (SSSR count). The van der Waals surface area contributed by atoms with E-state index >= 15 is 0 Å². The molecule has 1 N–H and O–H groups in total. The number of hydrogen-bond acceptors (Lipinski definition) is 2. The van der Waals surface area contributed by atoms with Gasteiger partial charge in [0.25, 0.3) is 0 Å². The Morgan fingerprint density at radius 2 is 2.36 bits per heavy atom. The zero-order chi connectivity index (χ0) is 10.6. The Morgan fingerprint density at radius 3 is 2.79 bits per heavy atom. The summed E-state index contributed by atoms with van der Waals surface area (Å²) in [5.74, 6) is 5.97. The van der Waals surface area contributed by atoms with Crippen molar-refractivity contribution in [1.82, 2.24) is 5.32 Å². The second-order valence-corrected chi connectivity index (χ2v) is 4.36. The number of rotatable bonds is 3. The Morgan fingerprint density at radius 1 is 1.64 bits per heavy atom. The number of hydrogen-bond donors (Lipinski definition) is 1. The molecule has 0 aromatic carbocycles. The highest BCUT2D eigenvalue weighted by Gasteiger charge is 2.14. The molecule has 0 saturated heterocycles. The lowest BCUT2D eigenvalue weighted by Crippen LogP contribution is -2.14. The van der Waals surface area contributed by atoms with Gasteiger partial charge in [0.2, 0.25) is 0 Å². The van der Waals surface area contributed by atoms with Crippen LogP contribution >= 0.6 is 22.9 Å². The summed E-state index contributed by atoms with van der Waals surface area (Å²) in [5.41, 5.74) is 1.15. The highest BCUT2D eigenvalue weighted by molar-refractivity contribution is 7.10. The molecule has 1 heterocycles. The molecule has 0 bridgehead atoms. The van der Waals surface area contributed by atoms with Gasteiger partial charge in [-0.05, 0) is 31.8 Å². The van der Waals surface area contributed by atoms with Crippen molar-refractivity contribution in [1.29, 1.82) is 0 Å². The molecule has 0 radical (unpaired) electrons. The smallest absolute Gasteiger partial charge is 0.0590 e. The monoisotopic (exact) mass is 227 g/mol. The van der Waals surface area contributed by atoms with Crippen LogP contribution in [0.2, 0.25) is 5.02 Å². The zero-order valence-electron chi connectivity index (χ0n) is 8.65. The van der Waals surface area contributed by atoms with E-state index in [0.29, 0.717) is 0 Å². The van der Waals surface area contributed by atoms with Crippen molar-refractivity contribution in [2.75, 3.05) is 7.05 Å². The summed E-state index contributed by atoms with van der Waals surface area (Å²) >= 11 is 7.88. The van der Waals surface area contributed by atoms with Crippen LogP contribution in [0, 0.1) is 18.8 Å². The summed E-state index contributed by atoms with van der Waals surface area (Å²) in [6.07, 6.45) is 0.812. The zero-order valence-corrected chi connectivity index (χ0v) is 10.2. The fourth-order valence-corrected chi connectivity index (χ4v) is 2.65. The maximum absolute atomic E-state index is 6.18. The van der Waals surface area contributed by atoms with Crippen LogP contribution in [0.25, 0.3) is 0 Å². The van der Waals surface area contributed by atoms with Crippen LogP contribution in [-0.4, -0.2) is 7.05 Å². The molecule has 0 aliphatic rings. The third-order valence-corrected chi connectivity index (χ3v) is 3.90. The molecule has 0 fully saturated rings.